The maximum Gasteiger partial charge on any atom is 0.0619 e. The van der Waals surface area contributed by atoms with Gasteiger partial charge in [0.15, 0.2) is 0 Å². The topological polar surface area (TPSA) is 44.5 Å². The maximum absolute atomic E-state index is 5.43. The van der Waals surface area contributed by atoms with Crippen molar-refractivity contribution in [1.29, 1.82) is 0 Å². The number of hydrogen-bond donors (Lipinski definition) is 1. The second-order valence-electron chi connectivity index (χ2n) is 2.47. The summed E-state index contributed by atoms with van der Waals surface area (Å²) in [5.74, 6) is 0. The summed E-state index contributed by atoms with van der Waals surface area (Å²) in [6.45, 7) is 2.99. The van der Waals surface area contributed by atoms with E-state index in [-0.39, 0.29) is 0 Å². The lowest BCUT2D eigenvalue weighted by Crippen LogP contribution is -2.25. The summed E-state index contributed by atoms with van der Waals surface area (Å²) in [6, 6.07) is 0. The molecular weight excluding hydrogens is 130 g/mol. The molecule has 1 aliphatic heterocycles. The molecule has 2 N–H and O–H groups in total. The van der Waals surface area contributed by atoms with E-state index in [4.69, 9.17) is 15.2 Å². The van der Waals surface area contributed by atoms with Gasteiger partial charge in [-0.25, -0.2) is 0 Å². The molecule has 0 spiro atoms. The predicted molar refractivity (Wildman–Crippen MR) is 38.8 cm³/mol. The third kappa shape index (κ3) is 2.64. The van der Waals surface area contributed by atoms with Crippen LogP contribution in [-0.2, 0) is 9.47 Å². The summed E-state index contributed by atoms with van der Waals surface area (Å²) in [4.78, 5) is 0. The van der Waals surface area contributed by atoms with Gasteiger partial charge in [0.2, 0.25) is 0 Å². The summed E-state index contributed by atoms with van der Waals surface area (Å²) in [5.41, 5.74) is 5.29. The quantitative estimate of drug-likeness (QED) is 0.614. The molecule has 0 atom stereocenters. The Kier molecular flexibility index (Phi) is 3.72. The zero-order valence-electron chi connectivity index (χ0n) is 6.21. The molecule has 1 saturated heterocycles. The smallest absolute Gasteiger partial charge is 0.0619 e. The van der Waals surface area contributed by atoms with Crippen molar-refractivity contribution < 1.29 is 9.47 Å². The standard InChI is InChI=1S/C7H15NO2/c8-3-6-10-7-1-4-9-5-2-7/h7H,1-6,8H2. The Morgan fingerprint density at radius 1 is 1.40 bits per heavy atom. The Bertz CT molecular complexity index is 81.7. The largest absolute Gasteiger partial charge is 0.381 e. The first-order valence-electron chi connectivity index (χ1n) is 3.83. The number of nitrogens with two attached hydrogens (primary N) is 1. The summed E-state index contributed by atoms with van der Waals surface area (Å²) in [6.07, 6.45) is 2.46. The Labute approximate surface area is 61.5 Å². The fourth-order valence-electron chi connectivity index (χ4n) is 1.08. The van der Waals surface area contributed by atoms with Crippen molar-refractivity contribution in [2.45, 2.75) is 18.9 Å². The van der Waals surface area contributed by atoms with Crippen LogP contribution in [0.4, 0.5) is 0 Å². The minimum absolute atomic E-state index is 0.400. The molecule has 10 heavy (non-hydrogen) atoms. The molecule has 0 bridgehead atoms. The highest BCUT2D eigenvalue weighted by Crippen LogP contribution is 2.09. The van der Waals surface area contributed by atoms with E-state index < -0.39 is 0 Å². The van der Waals surface area contributed by atoms with E-state index in [0.29, 0.717) is 19.3 Å². The van der Waals surface area contributed by atoms with Crippen LogP contribution in [0, 0.1) is 0 Å². The van der Waals surface area contributed by atoms with Crippen LogP contribution < -0.4 is 5.73 Å². The van der Waals surface area contributed by atoms with Crippen molar-refractivity contribution in [2.24, 2.45) is 5.73 Å². The molecule has 1 aliphatic rings. The van der Waals surface area contributed by atoms with E-state index in [9.17, 15) is 0 Å². The fourth-order valence-corrected chi connectivity index (χ4v) is 1.08. The normalized spacial score (nSPS) is 21.3. The maximum atomic E-state index is 5.43. The molecule has 0 radical (unpaired) electrons. The molecule has 1 heterocycles. The van der Waals surface area contributed by atoms with Crippen molar-refractivity contribution >= 4 is 0 Å². The molecule has 0 saturated carbocycles. The minimum atomic E-state index is 0.400. The number of rotatable bonds is 3. The highest BCUT2D eigenvalue weighted by Gasteiger charge is 2.12. The molecule has 0 aromatic rings. The molecule has 1 rings (SSSR count). The lowest BCUT2D eigenvalue weighted by Gasteiger charge is -2.21. The van der Waals surface area contributed by atoms with E-state index in [1.165, 1.54) is 0 Å². The lowest BCUT2D eigenvalue weighted by molar-refractivity contribution is -0.0290. The van der Waals surface area contributed by atoms with Gasteiger partial charge in [-0.3, -0.25) is 0 Å². The monoisotopic (exact) mass is 145 g/mol. The average molecular weight is 145 g/mol. The molecular formula is C7H15NO2. The summed E-state index contributed by atoms with van der Waals surface area (Å²) >= 11 is 0. The van der Waals surface area contributed by atoms with E-state index in [1.54, 1.807) is 0 Å². The van der Waals surface area contributed by atoms with E-state index >= 15 is 0 Å². The first-order chi connectivity index (χ1) is 4.93. The van der Waals surface area contributed by atoms with Gasteiger partial charge >= 0.3 is 0 Å². The third-order valence-electron chi connectivity index (χ3n) is 1.64. The summed E-state index contributed by atoms with van der Waals surface area (Å²) in [5, 5.41) is 0. The molecule has 3 heteroatoms. The molecule has 3 nitrogen and oxygen atoms in total. The van der Waals surface area contributed by atoms with Crippen molar-refractivity contribution in [3.8, 4) is 0 Å². The minimum Gasteiger partial charge on any atom is -0.381 e. The highest BCUT2D eigenvalue weighted by atomic mass is 16.5. The van der Waals surface area contributed by atoms with Crippen LogP contribution in [0.2, 0.25) is 0 Å². The van der Waals surface area contributed by atoms with Gasteiger partial charge in [0, 0.05) is 19.8 Å². The van der Waals surface area contributed by atoms with E-state index in [0.717, 1.165) is 26.1 Å². The third-order valence-corrected chi connectivity index (χ3v) is 1.64. The Hall–Kier alpha value is -0.120. The molecule has 0 aromatic carbocycles. The van der Waals surface area contributed by atoms with Crippen molar-refractivity contribution in [2.75, 3.05) is 26.4 Å². The number of hydrogen-bond acceptors (Lipinski definition) is 3. The first-order valence-corrected chi connectivity index (χ1v) is 3.83. The second kappa shape index (κ2) is 4.66. The van der Waals surface area contributed by atoms with Crippen LogP contribution in [0.15, 0.2) is 0 Å². The lowest BCUT2D eigenvalue weighted by atomic mass is 10.2. The van der Waals surface area contributed by atoms with E-state index in [2.05, 4.69) is 0 Å². The van der Waals surface area contributed by atoms with Gasteiger partial charge in [0.05, 0.1) is 12.7 Å². The molecule has 60 valence electrons. The van der Waals surface area contributed by atoms with Crippen molar-refractivity contribution in [3.05, 3.63) is 0 Å². The zero-order chi connectivity index (χ0) is 7.23. The average Bonchev–Trinajstić information content (AvgIpc) is 2.03. The van der Waals surface area contributed by atoms with Gasteiger partial charge < -0.3 is 15.2 Å². The van der Waals surface area contributed by atoms with Crippen LogP contribution in [0.5, 0.6) is 0 Å². The van der Waals surface area contributed by atoms with Crippen LogP contribution in [0.1, 0.15) is 12.8 Å². The fraction of sp³-hybridized carbons (Fsp3) is 1.00. The van der Waals surface area contributed by atoms with Crippen LogP contribution in [0.3, 0.4) is 0 Å². The number of ether oxygens (including phenoxy) is 2. The second-order valence-corrected chi connectivity index (χ2v) is 2.47. The van der Waals surface area contributed by atoms with Crippen LogP contribution in [-0.4, -0.2) is 32.5 Å². The van der Waals surface area contributed by atoms with Crippen LogP contribution >= 0.6 is 0 Å². The van der Waals surface area contributed by atoms with Gasteiger partial charge in [-0.15, -0.1) is 0 Å². The van der Waals surface area contributed by atoms with Gasteiger partial charge in [-0.05, 0) is 12.8 Å². The van der Waals surface area contributed by atoms with Gasteiger partial charge in [-0.1, -0.05) is 0 Å². The van der Waals surface area contributed by atoms with Crippen LogP contribution in [0.25, 0.3) is 0 Å². The molecule has 0 unspecified atom stereocenters. The molecule has 0 aromatic heterocycles. The molecule has 1 fully saturated rings. The highest BCUT2D eigenvalue weighted by molar-refractivity contribution is 4.61. The van der Waals surface area contributed by atoms with Crippen molar-refractivity contribution in [3.63, 3.8) is 0 Å². The Morgan fingerprint density at radius 2 is 2.10 bits per heavy atom. The van der Waals surface area contributed by atoms with Gasteiger partial charge in [0.25, 0.3) is 0 Å². The summed E-state index contributed by atoms with van der Waals surface area (Å²) in [7, 11) is 0. The molecule has 0 amide bonds. The van der Waals surface area contributed by atoms with Gasteiger partial charge in [-0.2, -0.15) is 0 Å². The Morgan fingerprint density at radius 3 is 2.70 bits per heavy atom. The SMILES string of the molecule is NCCOC1CCOCC1. The Balaban J connectivity index is 2.02. The first kappa shape index (κ1) is 7.98. The zero-order valence-corrected chi connectivity index (χ0v) is 6.21. The predicted octanol–water partition coefficient (Wildman–Crippen LogP) is 0.141. The van der Waals surface area contributed by atoms with E-state index in [1.807, 2.05) is 0 Å². The van der Waals surface area contributed by atoms with Crippen molar-refractivity contribution in [1.82, 2.24) is 0 Å². The molecule has 0 aliphatic carbocycles. The van der Waals surface area contributed by atoms with Gasteiger partial charge in [0.1, 0.15) is 0 Å². The summed E-state index contributed by atoms with van der Waals surface area (Å²) < 4.78 is 10.6.